The second kappa shape index (κ2) is 12.0. The minimum absolute atomic E-state index is 0.0886. The number of likely N-dealkylation sites (N-methyl/N-ethyl adjacent to an activating group) is 1. The van der Waals surface area contributed by atoms with Gasteiger partial charge in [0.25, 0.3) is 5.91 Å². The molecule has 2 saturated heterocycles. The summed E-state index contributed by atoms with van der Waals surface area (Å²) in [6.45, 7) is 9.44. The van der Waals surface area contributed by atoms with Crippen molar-refractivity contribution in [2.45, 2.75) is 39.0 Å². The summed E-state index contributed by atoms with van der Waals surface area (Å²) in [4.78, 5) is 37.9. The third kappa shape index (κ3) is 6.37. The summed E-state index contributed by atoms with van der Waals surface area (Å²) in [5.74, 6) is -0.891. The van der Waals surface area contributed by atoms with Crippen LogP contribution in [0.25, 0.3) is 11.1 Å². The fourth-order valence-corrected chi connectivity index (χ4v) is 5.65. The highest BCUT2D eigenvalue weighted by molar-refractivity contribution is 6.07. The molecule has 13 heteroatoms. The number of piperazine rings is 1. The van der Waals surface area contributed by atoms with Crippen LogP contribution in [0.1, 0.15) is 35.3 Å². The van der Waals surface area contributed by atoms with Gasteiger partial charge in [-0.2, -0.15) is 13.2 Å². The predicted octanol–water partition coefficient (Wildman–Crippen LogP) is 4.52. The van der Waals surface area contributed by atoms with Gasteiger partial charge >= 0.3 is 6.18 Å². The summed E-state index contributed by atoms with van der Waals surface area (Å²) in [7, 11) is 1.99. The summed E-state index contributed by atoms with van der Waals surface area (Å²) >= 11 is 0. The highest BCUT2D eigenvalue weighted by Crippen LogP contribution is 2.38. The van der Waals surface area contributed by atoms with Crippen LogP contribution in [0.2, 0.25) is 0 Å². The monoisotopic (exact) mass is 602 g/mol. The first kappa shape index (κ1) is 30.5. The molecule has 1 aromatic carbocycles. The smallest absolute Gasteiger partial charge is 0.378 e. The van der Waals surface area contributed by atoms with E-state index in [0.29, 0.717) is 56.7 Å². The van der Waals surface area contributed by atoms with E-state index in [1.165, 1.54) is 12.1 Å². The van der Waals surface area contributed by atoms with Crippen LogP contribution >= 0.6 is 0 Å². The number of halogens is 4. The number of nitrogens with zero attached hydrogens (tertiary/aromatic N) is 4. The molecule has 5 rings (SSSR count). The number of pyridine rings is 2. The molecular formula is C30H34F4N6O3. The molecule has 2 N–H and O–H groups in total. The number of hydrogen-bond acceptors (Lipinski definition) is 7. The second-order valence-corrected chi connectivity index (χ2v) is 11.2. The topological polar surface area (TPSA) is 93.8 Å². The number of benzene rings is 1. The first-order valence-corrected chi connectivity index (χ1v) is 14.0. The van der Waals surface area contributed by atoms with Crippen LogP contribution in [0.4, 0.5) is 34.8 Å². The van der Waals surface area contributed by atoms with Crippen molar-refractivity contribution in [1.29, 1.82) is 0 Å². The number of amides is 1. The number of aryl methyl sites for hydroxylation is 1. The molecule has 0 saturated carbocycles. The maximum absolute atomic E-state index is 15.9. The molecule has 230 valence electrons. The number of alkyl halides is 3. The van der Waals surface area contributed by atoms with Crippen molar-refractivity contribution in [3.8, 4) is 11.1 Å². The van der Waals surface area contributed by atoms with E-state index in [2.05, 4.69) is 25.1 Å². The Balaban J connectivity index is 1.57. The highest BCUT2D eigenvalue weighted by Gasteiger charge is 2.36. The molecule has 0 unspecified atom stereocenters. The van der Waals surface area contributed by atoms with Crippen molar-refractivity contribution < 1.29 is 27.1 Å². The molecule has 0 aliphatic carbocycles. The number of anilines is 3. The molecule has 0 bridgehead atoms. The van der Waals surface area contributed by atoms with Crippen molar-refractivity contribution >= 4 is 23.1 Å². The molecule has 2 aliphatic heterocycles. The Morgan fingerprint density at radius 3 is 2.37 bits per heavy atom. The van der Waals surface area contributed by atoms with Crippen LogP contribution in [0.5, 0.6) is 0 Å². The molecule has 2 aliphatic rings. The number of aromatic nitrogens is 2. The summed E-state index contributed by atoms with van der Waals surface area (Å²) in [5, 5.41) is 2.59. The fourth-order valence-electron chi connectivity index (χ4n) is 5.65. The minimum Gasteiger partial charge on any atom is -0.378 e. The number of aromatic amines is 1. The molecule has 3 aromatic rings. The summed E-state index contributed by atoms with van der Waals surface area (Å²) in [5.41, 5.74) is -1.22. The molecule has 1 amide bonds. The normalized spacial score (nSPS) is 19.9. The van der Waals surface area contributed by atoms with Gasteiger partial charge in [-0.3, -0.25) is 14.5 Å². The zero-order valence-corrected chi connectivity index (χ0v) is 24.4. The van der Waals surface area contributed by atoms with Gasteiger partial charge in [-0.05, 0) is 51.6 Å². The average Bonchev–Trinajstić information content (AvgIpc) is 2.96. The molecule has 4 heterocycles. The predicted molar refractivity (Wildman–Crippen MR) is 156 cm³/mol. The van der Waals surface area contributed by atoms with E-state index in [4.69, 9.17) is 4.74 Å². The Bertz CT molecular complexity index is 1560. The van der Waals surface area contributed by atoms with Gasteiger partial charge in [0.2, 0.25) is 5.56 Å². The molecule has 0 radical (unpaired) electrons. The summed E-state index contributed by atoms with van der Waals surface area (Å²) < 4.78 is 62.5. The third-order valence-electron chi connectivity index (χ3n) is 8.18. The first-order valence-electron chi connectivity index (χ1n) is 14.0. The average molecular weight is 603 g/mol. The zero-order valence-electron chi connectivity index (χ0n) is 24.4. The van der Waals surface area contributed by atoms with E-state index in [1.54, 1.807) is 12.3 Å². The van der Waals surface area contributed by atoms with Gasteiger partial charge < -0.3 is 24.8 Å². The second-order valence-electron chi connectivity index (χ2n) is 11.2. The quantitative estimate of drug-likeness (QED) is 0.415. The van der Waals surface area contributed by atoms with Gasteiger partial charge in [0, 0.05) is 67.8 Å². The number of nitrogens with one attached hydrogen (secondary N) is 2. The Morgan fingerprint density at radius 2 is 1.74 bits per heavy atom. The van der Waals surface area contributed by atoms with Crippen molar-refractivity contribution in [3.63, 3.8) is 0 Å². The molecular weight excluding hydrogens is 568 g/mol. The SMILES string of the molecule is Cc1cc(-c2cc(NC(=O)c3c[nH]c(=O)cc3C(F)(F)F)c(N3C[C@@H](C)N(C)[C@@H](C)C3)cc2F)cnc1N1CCOCC1. The maximum Gasteiger partial charge on any atom is 0.417 e. The largest absolute Gasteiger partial charge is 0.417 e. The number of carbonyl (C=O) groups is 1. The van der Waals surface area contributed by atoms with Gasteiger partial charge in [0.1, 0.15) is 11.6 Å². The Labute approximate surface area is 246 Å². The minimum atomic E-state index is -4.94. The molecule has 2 fully saturated rings. The lowest BCUT2D eigenvalue weighted by Crippen LogP contribution is -2.55. The van der Waals surface area contributed by atoms with Crippen molar-refractivity contribution in [3.05, 3.63) is 69.5 Å². The number of rotatable bonds is 5. The van der Waals surface area contributed by atoms with E-state index < -0.39 is 34.6 Å². The number of ether oxygens (including phenoxy) is 1. The van der Waals surface area contributed by atoms with Gasteiger partial charge in [0.05, 0.1) is 35.7 Å². The van der Waals surface area contributed by atoms with Crippen LogP contribution < -0.4 is 20.7 Å². The third-order valence-corrected chi connectivity index (χ3v) is 8.18. The van der Waals surface area contributed by atoms with Gasteiger partial charge in [0.15, 0.2) is 0 Å². The Hall–Kier alpha value is -3.97. The lowest BCUT2D eigenvalue weighted by Gasteiger charge is -2.44. The van der Waals surface area contributed by atoms with Crippen molar-refractivity contribution in [2.24, 2.45) is 0 Å². The van der Waals surface area contributed by atoms with Crippen LogP contribution in [0, 0.1) is 12.7 Å². The van der Waals surface area contributed by atoms with Crippen molar-refractivity contribution in [1.82, 2.24) is 14.9 Å². The standard InChI is InChI=1S/C30H34F4N6O3/c1-17-9-20(13-36-28(17)39-5-7-43-8-6-39)21-10-25(26(12-24(21)31)40-15-18(2)38(4)19(3)16-40)37-29(42)22-14-35-27(41)11-23(22)30(32,33)34/h9-14,18-19H,5-8,15-16H2,1-4H3,(H,35,41)(H,37,42)/t18-,19+. The molecule has 2 atom stereocenters. The van der Waals surface area contributed by atoms with Gasteiger partial charge in [-0.25, -0.2) is 9.37 Å². The summed E-state index contributed by atoms with van der Waals surface area (Å²) in [6.07, 6.45) is -2.65. The van der Waals surface area contributed by atoms with Crippen LogP contribution in [-0.4, -0.2) is 79.3 Å². The van der Waals surface area contributed by atoms with Crippen LogP contribution in [0.3, 0.4) is 0 Å². The molecule has 2 aromatic heterocycles. The molecule has 0 spiro atoms. The van der Waals surface area contributed by atoms with Crippen molar-refractivity contribution in [2.75, 3.05) is 61.6 Å². The lowest BCUT2D eigenvalue weighted by atomic mass is 10.0. The van der Waals surface area contributed by atoms with E-state index in [9.17, 15) is 22.8 Å². The first-order chi connectivity index (χ1) is 20.3. The van der Waals surface area contributed by atoms with E-state index >= 15 is 4.39 Å². The zero-order chi connectivity index (χ0) is 31.1. The summed E-state index contributed by atoms with van der Waals surface area (Å²) in [6, 6.07) is 5.06. The number of H-pyrrole nitrogens is 1. The fraction of sp³-hybridized carbons (Fsp3) is 0.433. The van der Waals surface area contributed by atoms with E-state index in [-0.39, 0.29) is 23.3 Å². The van der Waals surface area contributed by atoms with Gasteiger partial charge in [-0.15, -0.1) is 0 Å². The van der Waals surface area contributed by atoms with E-state index in [1.807, 2.05) is 32.7 Å². The molecule has 43 heavy (non-hydrogen) atoms. The highest BCUT2D eigenvalue weighted by atomic mass is 19.4. The van der Waals surface area contributed by atoms with Crippen LogP contribution in [-0.2, 0) is 10.9 Å². The van der Waals surface area contributed by atoms with Gasteiger partial charge in [-0.1, -0.05) is 0 Å². The number of morpholine rings is 1. The molecule has 9 nitrogen and oxygen atoms in total. The lowest BCUT2D eigenvalue weighted by molar-refractivity contribution is -0.138. The number of hydrogen-bond donors (Lipinski definition) is 2. The Morgan fingerprint density at radius 1 is 1.07 bits per heavy atom. The number of carbonyl (C=O) groups excluding carboxylic acids is 1. The van der Waals surface area contributed by atoms with E-state index in [0.717, 1.165) is 17.6 Å². The van der Waals surface area contributed by atoms with Crippen LogP contribution in [0.15, 0.2) is 41.5 Å². The maximum atomic E-state index is 15.9. The Kier molecular flexibility index (Phi) is 8.48.